The Kier molecular flexibility index (Phi) is 3.88. The van der Waals surface area contributed by atoms with Crippen LogP contribution in [0.15, 0.2) is 18.2 Å². The lowest BCUT2D eigenvalue weighted by Crippen LogP contribution is -2.21. The predicted octanol–water partition coefficient (Wildman–Crippen LogP) is 3.50. The highest BCUT2D eigenvalue weighted by Gasteiger charge is 2.25. The molecule has 2 N–H and O–H groups in total. The van der Waals surface area contributed by atoms with Crippen LogP contribution in [0.4, 0.5) is 5.69 Å². The molecule has 1 fully saturated rings. The Labute approximate surface area is 140 Å². The summed E-state index contributed by atoms with van der Waals surface area (Å²) in [6.07, 6.45) is 5.01. The molecule has 2 heterocycles. The summed E-state index contributed by atoms with van der Waals surface area (Å²) in [4.78, 5) is 12.6. The number of nitrogens with zero attached hydrogens (tertiary/aromatic N) is 1. The van der Waals surface area contributed by atoms with E-state index in [2.05, 4.69) is 15.5 Å². The third kappa shape index (κ3) is 2.62. The molecule has 24 heavy (non-hydrogen) atoms. The second-order valence-corrected chi connectivity index (χ2v) is 6.32. The fourth-order valence-corrected chi connectivity index (χ4v) is 3.43. The van der Waals surface area contributed by atoms with E-state index in [4.69, 9.17) is 9.47 Å². The van der Waals surface area contributed by atoms with Gasteiger partial charge in [0.25, 0.3) is 0 Å². The summed E-state index contributed by atoms with van der Waals surface area (Å²) in [6, 6.07) is 5.72. The van der Waals surface area contributed by atoms with Gasteiger partial charge in [0.05, 0.1) is 11.4 Å². The predicted molar refractivity (Wildman–Crippen MR) is 90.1 cm³/mol. The molecule has 1 aromatic carbocycles. The smallest absolute Gasteiger partial charge is 0.231 e. The number of aromatic nitrogens is 2. The van der Waals surface area contributed by atoms with Crippen LogP contribution in [0.1, 0.15) is 38.3 Å². The van der Waals surface area contributed by atoms with Gasteiger partial charge in [0.2, 0.25) is 12.7 Å². The lowest BCUT2D eigenvalue weighted by molar-refractivity contribution is -0.119. The van der Waals surface area contributed by atoms with Crippen molar-refractivity contribution in [1.29, 1.82) is 0 Å². The minimum absolute atomic E-state index is 0.102. The quantitative estimate of drug-likeness (QED) is 0.901. The molecule has 2 aliphatic rings. The summed E-state index contributed by atoms with van der Waals surface area (Å²) in [7, 11) is 0. The zero-order valence-electron chi connectivity index (χ0n) is 13.7. The second kappa shape index (κ2) is 6.19. The number of aromatic amines is 1. The monoisotopic (exact) mass is 327 g/mol. The van der Waals surface area contributed by atoms with Gasteiger partial charge in [-0.3, -0.25) is 9.89 Å². The minimum Gasteiger partial charge on any atom is -0.454 e. The van der Waals surface area contributed by atoms with E-state index >= 15 is 0 Å². The Hall–Kier alpha value is -2.50. The van der Waals surface area contributed by atoms with Crippen LogP contribution >= 0.6 is 0 Å². The van der Waals surface area contributed by atoms with Gasteiger partial charge in [-0.2, -0.15) is 5.10 Å². The maximum absolute atomic E-state index is 12.6. The van der Waals surface area contributed by atoms with Gasteiger partial charge < -0.3 is 14.8 Å². The van der Waals surface area contributed by atoms with Crippen LogP contribution < -0.4 is 14.8 Å². The molecule has 2 aromatic rings. The second-order valence-electron chi connectivity index (χ2n) is 6.32. The van der Waals surface area contributed by atoms with Crippen molar-refractivity contribution in [2.75, 3.05) is 12.1 Å². The number of hydrogen-bond acceptors (Lipinski definition) is 4. The fraction of sp³-hybridized carbons (Fsp3) is 0.444. The van der Waals surface area contributed by atoms with Crippen molar-refractivity contribution in [3.05, 3.63) is 23.9 Å². The Morgan fingerprint density at radius 2 is 2.08 bits per heavy atom. The molecule has 6 nitrogen and oxygen atoms in total. The van der Waals surface area contributed by atoms with Gasteiger partial charge >= 0.3 is 0 Å². The average molecular weight is 327 g/mol. The SMILES string of the molecule is CCc1[nH]nc(-c2ccc3c(c2)OCO3)c1NC(=O)C1CCCC1. The molecular formula is C18H21N3O3. The number of anilines is 1. The van der Waals surface area contributed by atoms with E-state index in [1.165, 1.54) is 0 Å². The van der Waals surface area contributed by atoms with E-state index in [0.29, 0.717) is 5.75 Å². The Morgan fingerprint density at radius 1 is 1.29 bits per heavy atom. The minimum atomic E-state index is 0.102. The molecule has 4 rings (SSSR count). The summed E-state index contributed by atoms with van der Waals surface area (Å²) in [5.74, 6) is 1.67. The first-order valence-corrected chi connectivity index (χ1v) is 8.54. The van der Waals surface area contributed by atoms with Gasteiger partial charge in [0.1, 0.15) is 5.69 Å². The molecule has 6 heteroatoms. The Balaban J connectivity index is 1.66. The van der Waals surface area contributed by atoms with E-state index < -0.39 is 0 Å². The molecular weight excluding hydrogens is 306 g/mol. The number of rotatable bonds is 4. The van der Waals surface area contributed by atoms with Crippen molar-refractivity contribution in [2.24, 2.45) is 5.92 Å². The van der Waals surface area contributed by atoms with Gasteiger partial charge in [0.15, 0.2) is 11.5 Å². The summed E-state index contributed by atoms with van der Waals surface area (Å²) in [6.45, 7) is 2.28. The standard InChI is InChI=1S/C18H21N3O3/c1-2-13-17(19-18(22)11-5-3-4-6-11)16(21-20-13)12-7-8-14-15(9-12)24-10-23-14/h7-9,11H,2-6,10H2,1H3,(H,19,22)(H,20,21). The molecule has 1 aliphatic carbocycles. The molecule has 0 unspecified atom stereocenters. The first-order chi connectivity index (χ1) is 11.8. The van der Waals surface area contributed by atoms with E-state index in [9.17, 15) is 4.79 Å². The van der Waals surface area contributed by atoms with Crippen molar-refractivity contribution < 1.29 is 14.3 Å². The van der Waals surface area contributed by atoms with E-state index in [0.717, 1.165) is 60.5 Å². The summed E-state index contributed by atoms with van der Waals surface area (Å²) < 4.78 is 10.8. The molecule has 0 radical (unpaired) electrons. The van der Waals surface area contributed by atoms with Crippen LogP contribution in [0.25, 0.3) is 11.3 Å². The van der Waals surface area contributed by atoms with Crippen LogP contribution in [-0.4, -0.2) is 22.9 Å². The number of hydrogen-bond donors (Lipinski definition) is 2. The number of nitrogens with one attached hydrogen (secondary N) is 2. The highest BCUT2D eigenvalue weighted by molar-refractivity contribution is 5.97. The molecule has 0 saturated heterocycles. The van der Waals surface area contributed by atoms with Crippen LogP contribution in [0.2, 0.25) is 0 Å². The largest absolute Gasteiger partial charge is 0.454 e. The summed E-state index contributed by atoms with van der Waals surface area (Å²) in [5, 5.41) is 10.6. The third-order valence-electron chi connectivity index (χ3n) is 4.81. The van der Waals surface area contributed by atoms with Gasteiger partial charge in [-0.15, -0.1) is 0 Å². The number of ether oxygens (including phenoxy) is 2. The van der Waals surface area contributed by atoms with Gasteiger partial charge in [-0.1, -0.05) is 19.8 Å². The van der Waals surface area contributed by atoms with E-state index in [1.54, 1.807) is 0 Å². The topological polar surface area (TPSA) is 76.2 Å². The number of carbonyl (C=O) groups excluding carboxylic acids is 1. The molecule has 1 amide bonds. The first-order valence-electron chi connectivity index (χ1n) is 8.54. The zero-order valence-corrected chi connectivity index (χ0v) is 13.7. The van der Waals surface area contributed by atoms with Gasteiger partial charge in [-0.25, -0.2) is 0 Å². The zero-order chi connectivity index (χ0) is 16.5. The fourth-order valence-electron chi connectivity index (χ4n) is 3.43. The molecule has 0 bridgehead atoms. The average Bonchev–Trinajstić information content (AvgIpc) is 3.34. The first kappa shape index (κ1) is 15.1. The highest BCUT2D eigenvalue weighted by Crippen LogP contribution is 2.38. The Bertz CT molecular complexity index is 763. The van der Waals surface area contributed by atoms with Crippen LogP contribution in [0.5, 0.6) is 11.5 Å². The van der Waals surface area contributed by atoms with Crippen molar-refractivity contribution in [3.63, 3.8) is 0 Å². The number of fused-ring (bicyclic) bond motifs is 1. The third-order valence-corrected chi connectivity index (χ3v) is 4.81. The van der Waals surface area contributed by atoms with Crippen LogP contribution in [-0.2, 0) is 11.2 Å². The molecule has 0 atom stereocenters. The molecule has 1 saturated carbocycles. The number of amides is 1. The summed E-state index contributed by atoms with van der Waals surface area (Å²) >= 11 is 0. The lowest BCUT2D eigenvalue weighted by Gasteiger charge is -2.12. The van der Waals surface area contributed by atoms with Crippen molar-refractivity contribution in [3.8, 4) is 22.8 Å². The molecule has 1 aromatic heterocycles. The number of benzene rings is 1. The van der Waals surface area contributed by atoms with E-state index in [1.807, 2.05) is 25.1 Å². The lowest BCUT2D eigenvalue weighted by atomic mass is 10.1. The highest BCUT2D eigenvalue weighted by atomic mass is 16.7. The van der Waals surface area contributed by atoms with Crippen molar-refractivity contribution in [2.45, 2.75) is 39.0 Å². The molecule has 1 aliphatic heterocycles. The number of carbonyl (C=O) groups is 1. The molecule has 126 valence electrons. The van der Waals surface area contributed by atoms with Gasteiger partial charge in [-0.05, 0) is 37.5 Å². The molecule has 0 spiro atoms. The number of aryl methyl sites for hydroxylation is 1. The summed E-state index contributed by atoms with van der Waals surface area (Å²) in [5.41, 5.74) is 3.37. The van der Waals surface area contributed by atoms with Crippen LogP contribution in [0, 0.1) is 5.92 Å². The maximum atomic E-state index is 12.6. The van der Waals surface area contributed by atoms with Crippen molar-refractivity contribution >= 4 is 11.6 Å². The number of H-pyrrole nitrogens is 1. The normalized spacial score (nSPS) is 16.5. The van der Waals surface area contributed by atoms with Gasteiger partial charge in [0, 0.05) is 11.5 Å². The maximum Gasteiger partial charge on any atom is 0.231 e. The van der Waals surface area contributed by atoms with Crippen molar-refractivity contribution in [1.82, 2.24) is 10.2 Å². The Morgan fingerprint density at radius 3 is 2.88 bits per heavy atom. The van der Waals surface area contributed by atoms with E-state index in [-0.39, 0.29) is 18.6 Å². The van der Waals surface area contributed by atoms with Crippen LogP contribution in [0.3, 0.4) is 0 Å².